The van der Waals surface area contributed by atoms with Crippen LogP contribution in [0.3, 0.4) is 0 Å². The van der Waals surface area contributed by atoms with E-state index in [1.165, 1.54) is 0 Å². The summed E-state index contributed by atoms with van der Waals surface area (Å²) < 4.78 is 8.59. The lowest BCUT2D eigenvalue weighted by Crippen LogP contribution is -2.56. The molecule has 0 amide bonds. The molecule has 116 valence electrons. The van der Waals surface area contributed by atoms with Gasteiger partial charge in [0.05, 0.1) is 5.52 Å². The Balaban J connectivity index is 1.90. The molecule has 2 heterocycles. The molecule has 0 aliphatic carbocycles. The van der Waals surface area contributed by atoms with E-state index in [1.807, 2.05) is 53.2 Å². The summed E-state index contributed by atoms with van der Waals surface area (Å²) in [7, 11) is -1.87. The van der Waals surface area contributed by atoms with Crippen molar-refractivity contribution in [2.24, 2.45) is 0 Å². The first-order valence-electron chi connectivity index (χ1n) is 7.85. The van der Waals surface area contributed by atoms with Gasteiger partial charge in [0.15, 0.2) is 13.4 Å². The fourth-order valence-corrected chi connectivity index (χ4v) is 6.01. The molecule has 1 unspecified atom stereocenters. The molecule has 0 radical (unpaired) electrons. The minimum Gasteiger partial charge on any atom is -0.469 e. The SMILES string of the molecule is C[Si]1(C)C=CCC1(Oc1ccccc1)n1nnc2ccccc21. The molecular formula is C18H19N3OSi. The highest BCUT2D eigenvalue weighted by atomic mass is 28.3. The zero-order valence-corrected chi connectivity index (χ0v) is 14.3. The molecule has 23 heavy (non-hydrogen) atoms. The standard InChI is InChI=1S/C18H19N3OSi/c1-23(2)14-8-13-18(23,22-15-9-4-3-5-10-15)21-17-12-7-6-11-16(17)19-20-21/h3-12,14H,13H2,1-2H3. The summed E-state index contributed by atoms with van der Waals surface area (Å²) in [6.07, 6.45) is 3.04. The lowest BCUT2D eigenvalue weighted by Gasteiger charge is -2.40. The Morgan fingerprint density at radius 3 is 2.52 bits per heavy atom. The lowest BCUT2D eigenvalue weighted by molar-refractivity contribution is 0.0647. The zero-order valence-electron chi connectivity index (χ0n) is 13.3. The average molecular weight is 321 g/mol. The Morgan fingerprint density at radius 1 is 1.04 bits per heavy atom. The molecule has 0 saturated carbocycles. The van der Waals surface area contributed by atoms with Crippen molar-refractivity contribution in [2.45, 2.75) is 24.9 Å². The van der Waals surface area contributed by atoms with Gasteiger partial charge in [0.2, 0.25) is 0 Å². The van der Waals surface area contributed by atoms with Gasteiger partial charge in [-0.1, -0.05) is 60.4 Å². The monoisotopic (exact) mass is 321 g/mol. The first-order valence-corrected chi connectivity index (χ1v) is 10.9. The predicted molar refractivity (Wildman–Crippen MR) is 93.8 cm³/mol. The number of hydrogen-bond donors (Lipinski definition) is 0. The number of ether oxygens (including phenoxy) is 1. The smallest absolute Gasteiger partial charge is 0.193 e. The van der Waals surface area contributed by atoms with Crippen molar-refractivity contribution in [1.29, 1.82) is 0 Å². The second-order valence-electron chi connectivity index (χ2n) is 6.52. The number of para-hydroxylation sites is 2. The van der Waals surface area contributed by atoms with Gasteiger partial charge in [0.25, 0.3) is 0 Å². The van der Waals surface area contributed by atoms with Crippen LogP contribution in [-0.2, 0) is 5.35 Å². The number of hydrogen-bond acceptors (Lipinski definition) is 3. The van der Waals surface area contributed by atoms with E-state index in [4.69, 9.17) is 4.74 Å². The molecule has 4 nitrogen and oxygen atoms in total. The van der Waals surface area contributed by atoms with E-state index in [9.17, 15) is 0 Å². The van der Waals surface area contributed by atoms with E-state index in [0.717, 1.165) is 23.2 Å². The molecule has 0 N–H and O–H groups in total. The van der Waals surface area contributed by atoms with Crippen molar-refractivity contribution in [3.05, 3.63) is 66.4 Å². The van der Waals surface area contributed by atoms with Gasteiger partial charge in [0, 0.05) is 6.42 Å². The summed E-state index contributed by atoms with van der Waals surface area (Å²) in [5.41, 5.74) is 4.26. The van der Waals surface area contributed by atoms with Crippen molar-refractivity contribution in [1.82, 2.24) is 15.0 Å². The summed E-state index contributed by atoms with van der Waals surface area (Å²) in [6.45, 7) is 4.63. The van der Waals surface area contributed by atoms with Gasteiger partial charge in [-0.05, 0) is 24.3 Å². The molecule has 1 aliphatic rings. The first kappa shape index (κ1) is 14.2. The van der Waals surface area contributed by atoms with Gasteiger partial charge >= 0.3 is 0 Å². The fourth-order valence-electron chi connectivity index (χ4n) is 3.30. The van der Waals surface area contributed by atoms with E-state index in [1.54, 1.807) is 0 Å². The van der Waals surface area contributed by atoms with E-state index < -0.39 is 13.4 Å². The Kier molecular flexibility index (Phi) is 3.13. The van der Waals surface area contributed by atoms with E-state index >= 15 is 0 Å². The Bertz CT molecular complexity index is 872. The summed E-state index contributed by atoms with van der Waals surface area (Å²) in [4.78, 5) is 0. The minimum absolute atomic E-state index is 0.482. The number of benzene rings is 2. The summed E-state index contributed by atoms with van der Waals surface area (Å²) in [6, 6.07) is 18.1. The van der Waals surface area contributed by atoms with Gasteiger partial charge in [-0.2, -0.15) is 0 Å². The highest BCUT2D eigenvalue weighted by Crippen LogP contribution is 2.41. The maximum absolute atomic E-state index is 6.59. The Labute approximate surface area is 136 Å². The molecule has 2 aromatic carbocycles. The Morgan fingerprint density at radius 2 is 1.78 bits per heavy atom. The highest BCUT2D eigenvalue weighted by Gasteiger charge is 2.53. The fraction of sp³-hybridized carbons (Fsp3) is 0.222. The van der Waals surface area contributed by atoms with Crippen LogP contribution >= 0.6 is 0 Å². The van der Waals surface area contributed by atoms with Gasteiger partial charge in [-0.15, -0.1) is 5.10 Å². The first-order chi connectivity index (χ1) is 11.1. The highest BCUT2D eigenvalue weighted by molar-refractivity contribution is 6.84. The normalized spacial score (nSPS) is 22.5. The molecule has 3 aromatic rings. The third-order valence-electron chi connectivity index (χ3n) is 4.66. The van der Waals surface area contributed by atoms with Crippen molar-refractivity contribution < 1.29 is 4.74 Å². The number of rotatable bonds is 3. The maximum atomic E-state index is 6.59. The van der Waals surface area contributed by atoms with Crippen LogP contribution in [0.2, 0.25) is 13.1 Å². The number of aromatic nitrogens is 3. The summed E-state index contributed by atoms with van der Waals surface area (Å²) in [5.74, 6) is 0.872. The molecular weight excluding hydrogens is 302 g/mol. The second kappa shape index (κ2) is 5.06. The number of fused-ring (bicyclic) bond motifs is 1. The zero-order chi connectivity index (χ0) is 15.9. The quantitative estimate of drug-likeness (QED) is 0.687. The van der Waals surface area contributed by atoms with Crippen LogP contribution in [-0.4, -0.2) is 23.1 Å². The van der Waals surface area contributed by atoms with Crippen molar-refractivity contribution in [3.8, 4) is 5.75 Å². The summed E-state index contributed by atoms with van der Waals surface area (Å²) >= 11 is 0. The molecule has 0 fully saturated rings. The summed E-state index contributed by atoms with van der Waals surface area (Å²) in [5, 5.41) is 8.34. The van der Waals surface area contributed by atoms with Gasteiger partial charge < -0.3 is 4.74 Å². The van der Waals surface area contributed by atoms with Crippen molar-refractivity contribution in [2.75, 3.05) is 0 Å². The molecule has 4 rings (SSSR count). The second-order valence-corrected chi connectivity index (χ2v) is 11.1. The lowest BCUT2D eigenvalue weighted by atomic mass is 10.3. The predicted octanol–water partition coefficient (Wildman–Crippen LogP) is 3.91. The van der Waals surface area contributed by atoms with Gasteiger partial charge in [0.1, 0.15) is 11.3 Å². The molecule has 1 atom stereocenters. The molecule has 0 saturated heterocycles. The largest absolute Gasteiger partial charge is 0.469 e. The van der Waals surface area contributed by atoms with Crippen LogP contribution in [0.1, 0.15) is 6.42 Å². The molecule has 0 bridgehead atoms. The third-order valence-corrected chi connectivity index (χ3v) is 8.26. The van der Waals surface area contributed by atoms with E-state index in [2.05, 4.69) is 41.2 Å². The van der Waals surface area contributed by atoms with Crippen LogP contribution in [0.15, 0.2) is 66.4 Å². The molecule has 5 heteroatoms. The molecule has 1 aromatic heterocycles. The van der Waals surface area contributed by atoms with E-state index in [-0.39, 0.29) is 0 Å². The molecule has 0 spiro atoms. The van der Waals surface area contributed by atoms with E-state index in [0.29, 0.717) is 0 Å². The van der Waals surface area contributed by atoms with Crippen LogP contribution in [0.25, 0.3) is 11.0 Å². The maximum Gasteiger partial charge on any atom is 0.193 e. The topological polar surface area (TPSA) is 39.9 Å². The molecule has 1 aliphatic heterocycles. The van der Waals surface area contributed by atoms with Crippen LogP contribution < -0.4 is 4.74 Å². The third kappa shape index (κ3) is 2.11. The van der Waals surface area contributed by atoms with Gasteiger partial charge in [-0.3, -0.25) is 0 Å². The average Bonchev–Trinajstić information content (AvgIpc) is 3.10. The Hall–Kier alpha value is -2.40. The number of nitrogens with zero attached hydrogens (tertiary/aromatic N) is 3. The van der Waals surface area contributed by atoms with Gasteiger partial charge in [-0.25, -0.2) is 4.68 Å². The minimum atomic E-state index is -1.87. The van der Waals surface area contributed by atoms with Crippen LogP contribution in [0, 0.1) is 0 Å². The van der Waals surface area contributed by atoms with Crippen molar-refractivity contribution in [3.63, 3.8) is 0 Å². The van der Waals surface area contributed by atoms with Crippen LogP contribution in [0.4, 0.5) is 0 Å². The van der Waals surface area contributed by atoms with Crippen molar-refractivity contribution >= 4 is 19.1 Å². The van der Waals surface area contributed by atoms with Crippen LogP contribution in [0.5, 0.6) is 5.75 Å².